The molecule has 0 saturated carbocycles. The van der Waals surface area contributed by atoms with E-state index in [9.17, 15) is 19.5 Å². The molecule has 1 heterocycles. The van der Waals surface area contributed by atoms with Crippen LogP contribution in [-0.2, 0) is 20.8 Å². The predicted octanol–water partition coefficient (Wildman–Crippen LogP) is 3.41. The molecule has 1 aliphatic heterocycles. The molecule has 3 amide bonds. The first-order valence-electron chi connectivity index (χ1n) is 14.8. The molecule has 0 radical (unpaired) electrons. The van der Waals surface area contributed by atoms with E-state index in [-0.39, 0.29) is 24.3 Å². The zero-order chi connectivity index (χ0) is 29.3. The Bertz CT molecular complexity index is 1140. The summed E-state index contributed by atoms with van der Waals surface area (Å²) in [6.07, 6.45) is 3.02. The lowest BCUT2D eigenvalue weighted by molar-refractivity contribution is -0.145. The fourth-order valence-corrected chi connectivity index (χ4v) is 5.24. The molecule has 2 aromatic carbocycles. The molecule has 0 bridgehead atoms. The highest BCUT2D eigenvalue weighted by molar-refractivity contribution is 5.93. The minimum Gasteiger partial charge on any atom is -0.390 e. The molecular formula is C32H48N4O4. The first-order chi connectivity index (χ1) is 19.0. The van der Waals surface area contributed by atoms with Gasteiger partial charge in [-0.2, -0.15) is 0 Å². The second-order valence-corrected chi connectivity index (χ2v) is 12.1. The Morgan fingerprint density at radius 3 is 2.38 bits per heavy atom. The number of nitrogens with zero attached hydrogens (tertiary/aromatic N) is 1. The van der Waals surface area contributed by atoms with E-state index in [0.717, 1.165) is 42.1 Å². The van der Waals surface area contributed by atoms with Crippen molar-refractivity contribution in [3.63, 3.8) is 0 Å². The summed E-state index contributed by atoms with van der Waals surface area (Å²) in [5.41, 5.74) is 0.323. The van der Waals surface area contributed by atoms with Gasteiger partial charge in [-0.25, -0.2) is 0 Å². The molecule has 1 fully saturated rings. The summed E-state index contributed by atoms with van der Waals surface area (Å²) in [4.78, 5) is 41.5. The molecule has 0 aromatic heterocycles. The van der Waals surface area contributed by atoms with Crippen LogP contribution >= 0.6 is 0 Å². The highest BCUT2D eigenvalue weighted by Gasteiger charge is 2.39. The van der Waals surface area contributed by atoms with E-state index >= 15 is 0 Å². The van der Waals surface area contributed by atoms with Crippen molar-refractivity contribution in [3.8, 4) is 0 Å². The lowest BCUT2D eigenvalue weighted by Gasteiger charge is -2.31. The number of hydrogen-bond acceptors (Lipinski definition) is 5. The van der Waals surface area contributed by atoms with Gasteiger partial charge in [0, 0.05) is 31.5 Å². The Morgan fingerprint density at radius 2 is 1.70 bits per heavy atom. The molecule has 1 saturated heterocycles. The maximum atomic E-state index is 13.5. The number of benzene rings is 2. The van der Waals surface area contributed by atoms with Gasteiger partial charge in [0.2, 0.25) is 17.7 Å². The van der Waals surface area contributed by atoms with Crippen molar-refractivity contribution in [3.05, 3.63) is 48.0 Å². The quantitative estimate of drug-likeness (QED) is 0.304. The zero-order valence-corrected chi connectivity index (χ0v) is 24.8. The summed E-state index contributed by atoms with van der Waals surface area (Å²) in [7, 11) is 0. The monoisotopic (exact) mass is 552 g/mol. The van der Waals surface area contributed by atoms with Crippen LogP contribution in [0.4, 0.5) is 0 Å². The highest BCUT2D eigenvalue weighted by atomic mass is 16.3. The Morgan fingerprint density at radius 1 is 1.00 bits per heavy atom. The topological polar surface area (TPSA) is 111 Å². The molecule has 220 valence electrons. The number of carbonyl (C=O) groups excluding carboxylic acids is 3. The van der Waals surface area contributed by atoms with Crippen LogP contribution in [0.2, 0.25) is 0 Å². The third-order valence-electron chi connectivity index (χ3n) is 7.82. The van der Waals surface area contributed by atoms with Crippen LogP contribution in [0.3, 0.4) is 0 Å². The zero-order valence-electron chi connectivity index (χ0n) is 24.8. The number of carbonyl (C=O) groups is 3. The van der Waals surface area contributed by atoms with E-state index < -0.39 is 23.6 Å². The lowest BCUT2D eigenvalue weighted by Crippen LogP contribution is -2.55. The summed E-state index contributed by atoms with van der Waals surface area (Å²) in [6, 6.07) is 12.6. The number of aliphatic hydroxyl groups excluding tert-OH is 1. The van der Waals surface area contributed by atoms with Crippen molar-refractivity contribution in [1.29, 1.82) is 0 Å². The van der Waals surface area contributed by atoms with Gasteiger partial charge in [-0.3, -0.25) is 14.4 Å². The number of amides is 3. The van der Waals surface area contributed by atoms with Crippen LogP contribution < -0.4 is 16.0 Å². The van der Waals surface area contributed by atoms with Gasteiger partial charge in [-0.1, -0.05) is 89.9 Å². The van der Waals surface area contributed by atoms with E-state index in [4.69, 9.17) is 0 Å². The molecule has 40 heavy (non-hydrogen) atoms. The standard InChI is InChI=1S/C32H48N4O4/c1-6-22(7-2)19-33-20-26(37)21-34-29(38)27(18-23-14-15-24-11-8-9-12-25(24)17-23)35-30(39)28-13-10-16-36(28)31(40)32(3,4)5/h8-9,11-12,14-15,17,22,26-28,33,37H,6-7,10,13,16,18-21H2,1-5H3,(H,34,38)(H,35,39). The Balaban J connectivity index is 1.70. The van der Waals surface area contributed by atoms with E-state index in [1.807, 2.05) is 63.2 Å². The van der Waals surface area contributed by atoms with Crippen LogP contribution in [0, 0.1) is 11.3 Å². The third-order valence-corrected chi connectivity index (χ3v) is 7.82. The van der Waals surface area contributed by atoms with Gasteiger partial charge in [0.05, 0.1) is 6.10 Å². The Labute approximate surface area is 239 Å². The summed E-state index contributed by atoms with van der Waals surface area (Å²) >= 11 is 0. The molecule has 1 aliphatic rings. The average molecular weight is 553 g/mol. The van der Waals surface area contributed by atoms with Gasteiger partial charge in [0.25, 0.3) is 0 Å². The van der Waals surface area contributed by atoms with Gasteiger partial charge < -0.3 is 26.0 Å². The van der Waals surface area contributed by atoms with Gasteiger partial charge in [-0.15, -0.1) is 0 Å². The molecule has 2 aromatic rings. The number of likely N-dealkylation sites (tertiary alicyclic amines) is 1. The van der Waals surface area contributed by atoms with Crippen molar-refractivity contribution in [2.75, 3.05) is 26.2 Å². The maximum absolute atomic E-state index is 13.5. The minimum absolute atomic E-state index is 0.0651. The maximum Gasteiger partial charge on any atom is 0.243 e. The van der Waals surface area contributed by atoms with Gasteiger partial charge in [0.1, 0.15) is 12.1 Å². The lowest BCUT2D eigenvalue weighted by atomic mass is 9.94. The number of fused-ring (bicyclic) bond motifs is 1. The molecule has 0 aliphatic carbocycles. The molecule has 3 unspecified atom stereocenters. The number of nitrogens with one attached hydrogen (secondary N) is 3. The first-order valence-corrected chi connectivity index (χ1v) is 14.8. The van der Waals surface area contributed by atoms with Crippen LogP contribution in [0.5, 0.6) is 0 Å². The second-order valence-electron chi connectivity index (χ2n) is 12.1. The van der Waals surface area contributed by atoms with Crippen LogP contribution in [0.1, 0.15) is 65.9 Å². The third kappa shape index (κ3) is 8.77. The van der Waals surface area contributed by atoms with E-state index in [0.29, 0.717) is 31.8 Å². The van der Waals surface area contributed by atoms with Gasteiger partial charge in [0.15, 0.2) is 0 Å². The summed E-state index contributed by atoms with van der Waals surface area (Å²) in [5.74, 6) is -0.177. The second kappa shape index (κ2) is 14.6. The highest BCUT2D eigenvalue weighted by Crippen LogP contribution is 2.26. The fourth-order valence-electron chi connectivity index (χ4n) is 5.24. The van der Waals surface area contributed by atoms with Crippen molar-refractivity contribution < 1.29 is 19.5 Å². The van der Waals surface area contributed by atoms with E-state index in [2.05, 4.69) is 29.8 Å². The Hall–Kier alpha value is -2.97. The van der Waals surface area contributed by atoms with Gasteiger partial charge >= 0.3 is 0 Å². The van der Waals surface area contributed by atoms with Crippen molar-refractivity contribution in [2.45, 2.75) is 84.9 Å². The van der Waals surface area contributed by atoms with E-state index in [1.54, 1.807) is 4.90 Å². The molecule has 3 atom stereocenters. The predicted molar refractivity (Wildman–Crippen MR) is 160 cm³/mol. The van der Waals surface area contributed by atoms with Crippen LogP contribution in [-0.4, -0.2) is 72.1 Å². The molecule has 8 heteroatoms. The smallest absolute Gasteiger partial charge is 0.243 e. The average Bonchev–Trinajstić information content (AvgIpc) is 3.42. The minimum atomic E-state index is -0.842. The van der Waals surface area contributed by atoms with Gasteiger partial charge in [-0.05, 0) is 41.6 Å². The largest absolute Gasteiger partial charge is 0.390 e. The van der Waals surface area contributed by atoms with Crippen LogP contribution in [0.25, 0.3) is 10.8 Å². The molecule has 3 rings (SSSR count). The normalized spacial score (nSPS) is 17.2. The van der Waals surface area contributed by atoms with Crippen LogP contribution in [0.15, 0.2) is 42.5 Å². The fraction of sp³-hybridized carbons (Fsp3) is 0.594. The van der Waals surface area contributed by atoms with E-state index in [1.165, 1.54) is 0 Å². The number of rotatable bonds is 13. The molecular weight excluding hydrogens is 504 g/mol. The molecule has 8 nitrogen and oxygen atoms in total. The van der Waals surface area contributed by atoms with Crippen molar-refractivity contribution >= 4 is 28.5 Å². The molecule has 0 spiro atoms. The molecule has 4 N–H and O–H groups in total. The van der Waals surface area contributed by atoms with Crippen molar-refractivity contribution in [1.82, 2.24) is 20.9 Å². The summed E-state index contributed by atoms with van der Waals surface area (Å²) in [6.45, 7) is 11.7. The summed E-state index contributed by atoms with van der Waals surface area (Å²) in [5, 5.41) is 21.7. The Kier molecular flexibility index (Phi) is 11.5. The number of aliphatic hydroxyl groups is 1. The first kappa shape index (κ1) is 31.6. The SMILES string of the molecule is CCC(CC)CNCC(O)CNC(=O)C(Cc1ccc2ccccc2c1)NC(=O)C1CCCN1C(=O)C(C)(C)C. The number of hydrogen-bond donors (Lipinski definition) is 4. The summed E-state index contributed by atoms with van der Waals surface area (Å²) < 4.78 is 0. The van der Waals surface area contributed by atoms with Crippen molar-refractivity contribution in [2.24, 2.45) is 11.3 Å².